The van der Waals surface area contributed by atoms with E-state index in [9.17, 15) is 13.2 Å². The van der Waals surface area contributed by atoms with Gasteiger partial charge in [0.15, 0.2) is 0 Å². The molecule has 0 aliphatic carbocycles. The maximum atomic E-state index is 13.2. The molecule has 2 aliphatic heterocycles. The number of halogens is 1. The number of nitrogens with one attached hydrogen (secondary N) is 1. The van der Waals surface area contributed by atoms with E-state index in [1.807, 2.05) is 23.1 Å². The van der Waals surface area contributed by atoms with Gasteiger partial charge in [0, 0.05) is 53.6 Å². The Balaban J connectivity index is 1.14. The number of rotatable bonds is 5. The van der Waals surface area contributed by atoms with Crippen LogP contribution in [-0.2, 0) is 14.8 Å². The molecule has 0 radical (unpaired) electrons. The number of hydrogen-bond donors (Lipinski definition) is 1. The number of aromatic nitrogens is 3. The Labute approximate surface area is 219 Å². The van der Waals surface area contributed by atoms with Crippen molar-refractivity contribution in [1.82, 2.24) is 24.3 Å². The van der Waals surface area contributed by atoms with E-state index in [0.29, 0.717) is 53.9 Å². The Morgan fingerprint density at radius 3 is 2.46 bits per heavy atom. The Bertz CT molecular complexity index is 1550. The fourth-order valence-electron chi connectivity index (χ4n) is 5.13. The number of hydrogen-bond acceptors (Lipinski definition) is 6. The molecule has 192 valence electrons. The zero-order chi connectivity index (χ0) is 25.6. The SMILES string of the molecule is O=C(C1CCN(S(=O)(=O)c2ccc(-c3noc(-c4cc5cc(Cl)ccc5[nH]4)n3)cc2)CC1)N1CCCC1. The molecular formula is C26H26ClN5O4S. The lowest BCUT2D eigenvalue weighted by molar-refractivity contribution is -0.135. The highest BCUT2D eigenvalue weighted by molar-refractivity contribution is 7.89. The van der Waals surface area contributed by atoms with Gasteiger partial charge in [0.2, 0.25) is 21.8 Å². The van der Waals surface area contributed by atoms with Gasteiger partial charge in [0.25, 0.3) is 5.89 Å². The molecule has 2 aromatic heterocycles. The minimum Gasteiger partial charge on any atom is -0.351 e. The highest BCUT2D eigenvalue weighted by atomic mass is 35.5. The van der Waals surface area contributed by atoms with Crippen molar-refractivity contribution in [1.29, 1.82) is 0 Å². The molecule has 2 fully saturated rings. The second-order valence-corrected chi connectivity index (χ2v) is 11.9. The van der Waals surface area contributed by atoms with E-state index in [2.05, 4.69) is 15.1 Å². The van der Waals surface area contributed by atoms with Crippen molar-refractivity contribution in [3.05, 3.63) is 53.6 Å². The highest BCUT2D eigenvalue weighted by Crippen LogP contribution is 2.29. The standard InChI is InChI=1S/C26H26ClN5O4S/c27-20-5-8-22-19(15-20)16-23(28-22)25-29-24(30-36-25)17-3-6-21(7-4-17)37(34,35)32-13-9-18(10-14-32)26(33)31-11-1-2-12-31/h3-8,15-16,18,28H,1-2,9-14H2. The minimum atomic E-state index is -3.66. The molecule has 0 unspecified atom stereocenters. The molecule has 0 spiro atoms. The van der Waals surface area contributed by atoms with Crippen molar-refractivity contribution >= 4 is 38.4 Å². The molecule has 0 bridgehead atoms. The summed E-state index contributed by atoms with van der Waals surface area (Å²) in [5.74, 6) is 0.769. The number of fused-ring (bicyclic) bond motifs is 1. The second kappa shape index (κ2) is 9.59. The molecule has 0 atom stereocenters. The van der Waals surface area contributed by atoms with Gasteiger partial charge in [-0.15, -0.1) is 0 Å². The monoisotopic (exact) mass is 539 g/mol. The molecule has 37 heavy (non-hydrogen) atoms. The van der Waals surface area contributed by atoms with E-state index in [1.54, 1.807) is 30.3 Å². The molecule has 6 rings (SSSR count). The number of aromatic amines is 1. The van der Waals surface area contributed by atoms with Crippen LogP contribution in [0.5, 0.6) is 0 Å². The summed E-state index contributed by atoms with van der Waals surface area (Å²) in [4.78, 5) is 22.5. The minimum absolute atomic E-state index is 0.0892. The van der Waals surface area contributed by atoms with Crippen LogP contribution in [0.15, 0.2) is 57.9 Å². The van der Waals surface area contributed by atoms with E-state index in [0.717, 1.165) is 36.8 Å². The van der Waals surface area contributed by atoms with Gasteiger partial charge in [-0.05, 0) is 74.2 Å². The lowest BCUT2D eigenvalue weighted by Crippen LogP contribution is -2.43. The molecule has 4 aromatic rings. The molecule has 4 heterocycles. The topological polar surface area (TPSA) is 112 Å². The van der Waals surface area contributed by atoms with E-state index >= 15 is 0 Å². The van der Waals surface area contributed by atoms with Crippen LogP contribution in [-0.4, -0.2) is 64.8 Å². The molecule has 1 N–H and O–H groups in total. The molecule has 1 amide bonds. The molecular weight excluding hydrogens is 514 g/mol. The highest BCUT2D eigenvalue weighted by Gasteiger charge is 2.34. The zero-order valence-electron chi connectivity index (χ0n) is 20.1. The maximum Gasteiger partial charge on any atom is 0.274 e. The Kier molecular flexibility index (Phi) is 6.26. The summed E-state index contributed by atoms with van der Waals surface area (Å²) >= 11 is 6.07. The zero-order valence-corrected chi connectivity index (χ0v) is 21.6. The fourth-order valence-corrected chi connectivity index (χ4v) is 6.78. The van der Waals surface area contributed by atoms with Gasteiger partial charge in [0.1, 0.15) is 5.69 Å². The predicted octanol–water partition coefficient (Wildman–Crippen LogP) is 4.56. The van der Waals surface area contributed by atoms with Crippen molar-refractivity contribution in [2.24, 2.45) is 5.92 Å². The Morgan fingerprint density at radius 1 is 1.00 bits per heavy atom. The van der Waals surface area contributed by atoms with Crippen molar-refractivity contribution in [2.75, 3.05) is 26.2 Å². The van der Waals surface area contributed by atoms with Crippen LogP contribution >= 0.6 is 11.6 Å². The van der Waals surface area contributed by atoms with E-state index in [-0.39, 0.29) is 16.7 Å². The van der Waals surface area contributed by atoms with Crippen molar-refractivity contribution in [2.45, 2.75) is 30.6 Å². The van der Waals surface area contributed by atoms with Crippen LogP contribution in [0, 0.1) is 5.92 Å². The van der Waals surface area contributed by atoms with Gasteiger partial charge in [0.05, 0.1) is 4.90 Å². The maximum absolute atomic E-state index is 13.2. The fraction of sp³-hybridized carbons (Fsp3) is 0.346. The molecule has 11 heteroatoms. The average Bonchev–Trinajstić information content (AvgIpc) is 3.69. The first-order valence-electron chi connectivity index (χ1n) is 12.4. The van der Waals surface area contributed by atoms with Gasteiger partial charge in [-0.25, -0.2) is 8.42 Å². The summed E-state index contributed by atoms with van der Waals surface area (Å²) in [6.07, 6.45) is 3.22. The first-order chi connectivity index (χ1) is 17.9. The Hall–Kier alpha value is -3.21. The quantitative estimate of drug-likeness (QED) is 0.398. The number of carbonyl (C=O) groups is 1. The number of amides is 1. The van der Waals surface area contributed by atoms with Gasteiger partial charge >= 0.3 is 0 Å². The van der Waals surface area contributed by atoms with Crippen LogP contribution in [0.2, 0.25) is 5.02 Å². The van der Waals surface area contributed by atoms with Crippen molar-refractivity contribution in [3.8, 4) is 23.0 Å². The molecule has 0 saturated carbocycles. The van der Waals surface area contributed by atoms with E-state index < -0.39 is 10.0 Å². The van der Waals surface area contributed by atoms with Gasteiger partial charge in [-0.2, -0.15) is 9.29 Å². The first-order valence-corrected chi connectivity index (χ1v) is 14.2. The number of piperidine rings is 1. The summed E-state index contributed by atoms with van der Waals surface area (Å²) in [6.45, 7) is 2.33. The number of carbonyl (C=O) groups excluding carboxylic acids is 1. The van der Waals surface area contributed by atoms with Gasteiger partial charge in [-0.3, -0.25) is 4.79 Å². The molecule has 2 aliphatic rings. The van der Waals surface area contributed by atoms with Crippen molar-refractivity contribution in [3.63, 3.8) is 0 Å². The van der Waals surface area contributed by atoms with E-state index in [4.69, 9.17) is 16.1 Å². The Morgan fingerprint density at radius 2 is 1.73 bits per heavy atom. The number of likely N-dealkylation sites (tertiary alicyclic amines) is 1. The van der Waals surface area contributed by atoms with Gasteiger partial charge < -0.3 is 14.4 Å². The summed E-state index contributed by atoms with van der Waals surface area (Å²) in [5, 5.41) is 5.63. The number of H-pyrrole nitrogens is 1. The number of sulfonamides is 1. The van der Waals surface area contributed by atoms with Crippen LogP contribution in [0.1, 0.15) is 25.7 Å². The third-order valence-electron chi connectivity index (χ3n) is 7.21. The van der Waals surface area contributed by atoms with Crippen molar-refractivity contribution < 1.29 is 17.7 Å². The van der Waals surface area contributed by atoms with Crippen LogP contribution < -0.4 is 0 Å². The third-order valence-corrected chi connectivity index (χ3v) is 9.36. The number of benzene rings is 2. The van der Waals surface area contributed by atoms with Gasteiger partial charge in [-0.1, -0.05) is 16.8 Å². The normalized spacial score (nSPS) is 17.6. The molecule has 2 aromatic carbocycles. The van der Waals surface area contributed by atoms with Crippen LogP contribution in [0.25, 0.3) is 33.9 Å². The summed E-state index contributed by atoms with van der Waals surface area (Å²) in [6, 6.07) is 13.9. The van der Waals surface area contributed by atoms with E-state index in [1.165, 1.54) is 4.31 Å². The summed E-state index contributed by atoms with van der Waals surface area (Å²) < 4.78 is 33.4. The second-order valence-electron chi connectivity index (χ2n) is 9.57. The summed E-state index contributed by atoms with van der Waals surface area (Å²) in [7, 11) is -3.66. The lowest BCUT2D eigenvalue weighted by atomic mass is 9.97. The first kappa shape index (κ1) is 24.1. The summed E-state index contributed by atoms with van der Waals surface area (Å²) in [5.41, 5.74) is 2.21. The predicted molar refractivity (Wildman–Crippen MR) is 139 cm³/mol. The van der Waals surface area contributed by atoms with Crippen LogP contribution in [0.4, 0.5) is 0 Å². The molecule has 9 nitrogen and oxygen atoms in total. The van der Waals surface area contributed by atoms with Crippen LogP contribution in [0.3, 0.4) is 0 Å². The lowest BCUT2D eigenvalue weighted by Gasteiger charge is -2.32. The smallest absolute Gasteiger partial charge is 0.274 e. The third kappa shape index (κ3) is 4.65. The number of nitrogens with zero attached hydrogens (tertiary/aromatic N) is 4. The largest absolute Gasteiger partial charge is 0.351 e. The average molecular weight is 540 g/mol. The molecule has 2 saturated heterocycles.